The summed E-state index contributed by atoms with van der Waals surface area (Å²) in [7, 11) is 5.79. The van der Waals surface area contributed by atoms with E-state index < -0.39 is 11.9 Å². The van der Waals surface area contributed by atoms with Crippen LogP contribution in [-0.4, -0.2) is 141 Å². The number of fused-ring (bicyclic) bond motifs is 9. The minimum absolute atomic E-state index is 0.0129. The van der Waals surface area contributed by atoms with E-state index in [1.165, 1.54) is 24.5 Å². The molecule has 30 heteroatoms. The summed E-state index contributed by atoms with van der Waals surface area (Å²) in [5.74, 6) is 0.0120. The lowest BCUT2D eigenvalue weighted by atomic mass is 9.98. The van der Waals surface area contributed by atoms with Gasteiger partial charge < -0.3 is 53.2 Å². The Morgan fingerprint density at radius 2 is 0.774 bits per heavy atom. The maximum absolute atomic E-state index is 14.7. The van der Waals surface area contributed by atoms with E-state index in [1.54, 1.807) is 12.1 Å². The first-order valence-electron chi connectivity index (χ1n) is 44.8. The molecule has 11 heterocycles. The molecule has 4 atom stereocenters. The number of nitrogens with one attached hydrogen (secondary N) is 1. The fourth-order valence-electron chi connectivity index (χ4n) is 19.4. The highest BCUT2D eigenvalue weighted by Crippen LogP contribution is 2.49. The molecule has 3 aliphatic rings. The van der Waals surface area contributed by atoms with Crippen molar-refractivity contribution in [3.8, 4) is 50.6 Å². The highest BCUT2D eigenvalue weighted by molar-refractivity contribution is 6.37. The van der Waals surface area contributed by atoms with Gasteiger partial charge >= 0.3 is 11.9 Å². The molecule has 3 amide bonds. The first-order valence-corrected chi connectivity index (χ1v) is 47.0. The Kier molecular flexibility index (Phi) is 28.2. The van der Waals surface area contributed by atoms with E-state index in [9.17, 15) is 34.2 Å². The van der Waals surface area contributed by atoms with Crippen molar-refractivity contribution >= 4 is 132 Å². The van der Waals surface area contributed by atoms with Gasteiger partial charge in [-0.1, -0.05) is 87.8 Å². The predicted octanol–water partition coefficient (Wildman–Crippen LogP) is 23.1. The maximum Gasteiger partial charge on any atom is 0.337 e. The molecule has 0 saturated carbocycles. The lowest BCUT2D eigenvalue weighted by Gasteiger charge is -2.35. The summed E-state index contributed by atoms with van der Waals surface area (Å²) in [6, 6.07) is 29.8. The van der Waals surface area contributed by atoms with Crippen LogP contribution in [0.4, 0.5) is 0 Å². The van der Waals surface area contributed by atoms with Gasteiger partial charge in [0.2, 0.25) is 0 Å². The van der Waals surface area contributed by atoms with E-state index >= 15 is 0 Å². The van der Waals surface area contributed by atoms with Gasteiger partial charge in [-0.05, 0) is 285 Å². The van der Waals surface area contributed by atoms with E-state index in [4.69, 9.17) is 83.8 Å². The van der Waals surface area contributed by atoms with Gasteiger partial charge in [-0.25, -0.2) is 9.59 Å². The molecular formula is C103H110Cl6N14O10. The number of amides is 3. The van der Waals surface area contributed by atoms with Gasteiger partial charge in [-0.3, -0.25) is 38.4 Å². The van der Waals surface area contributed by atoms with Crippen molar-refractivity contribution < 1.29 is 48.4 Å². The van der Waals surface area contributed by atoms with Gasteiger partial charge in [0.1, 0.15) is 34.3 Å². The minimum Gasteiger partial charge on any atom is -0.494 e. The third-order valence-corrected chi connectivity index (χ3v) is 29.3. The van der Waals surface area contributed by atoms with Crippen molar-refractivity contribution in [2.45, 2.75) is 206 Å². The minimum atomic E-state index is -1.04. The predicted molar refractivity (Wildman–Crippen MR) is 527 cm³/mol. The number of pyridine rings is 2. The zero-order valence-corrected chi connectivity index (χ0v) is 82.9. The quantitative estimate of drug-likeness (QED) is 0.0475. The summed E-state index contributed by atoms with van der Waals surface area (Å²) in [4.78, 5) is 77.8. The number of ether oxygens (including phenoxy) is 3. The number of hydrogen-bond acceptors (Lipinski definition) is 13. The summed E-state index contributed by atoms with van der Waals surface area (Å²) >= 11 is 40.0. The van der Waals surface area contributed by atoms with Crippen molar-refractivity contribution in [1.29, 1.82) is 0 Å². The molecule has 2 unspecified atom stereocenters. The highest BCUT2D eigenvalue weighted by Gasteiger charge is 2.40. The standard InChI is InChI=1S/C37H39Cl2N5O4.C36H37Cl2N5O4.C30H34Cl2N4O2/c1-20-16-27(17-21(2)33(20)39)48-15-7-8-28-29-11-12-30(38)32(31-23(4)41-42(6)24(31)5)34(29)43-14-13-22(3)44(36(45)35(28)43)19-26-10-9-25(18-40-26)37(46)47;1-19-14-26(15-20(2)32(19)38)47-13-7-8-27-28-11-12-29(37)31(30-22(4)40-41(6)23(30)5)33(28)43-17-21(3)42(35(44)34(27)43)18-25-10-9-24(16-39-25)36(45)46;1-15-13-21(14-16(2)27(15)32)38-12-8-9-22-23-10-11-24(31)26(25-18(4)34-35(7)20(25)6)28(23)36-19(5)17(3)33-30(37)29(22)36/h9-12,16-18,22H,7-8,13-15,19H2,1-6H3,(H,46,47);9-12,14-16,21H,7-8,13,17-18H2,1-6H3,(H,45,46);10-11,13-14,17,19H,8-9,12H2,1-7H3,(H,33,37)/t;21-;17-,19?/m.11/s1. The summed E-state index contributed by atoms with van der Waals surface area (Å²) in [5, 5.41) is 43.0. The number of carboxylic acid groups (broad SMARTS) is 2. The molecule has 0 saturated heterocycles. The lowest BCUT2D eigenvalue weighted by Crippen LogP contribution is -2.46. The van der Waals surface area contributed by atoms with Crippen LogP contribution in [0.2, 0.25) is 30.1 Å². The molecule has 14 aromatic rings. The van der Waals surface area contributed by atoms with E-state index in [1.807, 2.05) is 209 Å². The molecule has 6 aromatic carbocycles. The number of carbonyl (C=O) groups is 5. The normalized spacial score (nSPS) is 15.4. The monoisotopic (exact) mass is 1910 g/mol. The van der Waals surface area contributed by atoms with Crippen LogP contribution in [0.15, 0.2) is 109 Å². The maximum atomic E-state index is 14.7. The van der Waals surface area contributed by atoms with Crippen LogP contribution >= 0.6 is 69.6 Å². The average molecular weight is 1920 g/mol. The zero-order chi connectivity index (χ0) is 95.6. The summed E-state index contributed by atoms with van der Waals surface area (Å²) in [5.41, 5.74) is 26.4. The summed E-state index contributed by atoms with van der Waals surface area (Å²) < 4.78 is 30.5. The van der Waals surface area contributed by atoms with Crippen LogP contribution in [0.1, 0.15) is 207 Å². The van der Waals surface area contributed by atoms with Gasteiger partial charge in [0.05, 0.1) is 110 Å². The Labute approximate surface area is 804 Å². The van der Waals surface area contributed by atoms with Crippen molar-refractivity contribution in [1.82, 2.24) is 68.1 Å². The number of carboxylic acids is 2. The first-order chi connectivity index (χ1) is 63.2. The van der Waals surface area contributed by atoms with Gasteiger partial charge in [0, 0.05) is 146 Å². The largest absolute Gasteiger partial charge is 0.494 e. The van der Waals surface area contributed by atoms with E-state index in [2.05, 4.69) is 64.2 Å². The van der Waals surface area contributed by atoms with E-state index in [-0.39, 0.29) is 66.1 Å². The van der Waals surface area contributed by atoms with Crippen LogP contribution < -0.4 is 19.5 Å². The molecule has 0 radical (unpaired) electrons. The van der Waals surface area contributed by atoms with Crippen LogP contribution in [-0.2, 0) is 66.6 Å². The Hall–Kier alpha value is -11.6. The van der Waals surface area contributed by atoms with Crippen molar-refractivity contribution in [3.05, 3.63) is 263 Å². The van der Waals surface area contributed by atoms with Crippen LogP contribution in [0, 0.1) is 83.1 Å². The van der Waals surface area contributed by atoms with Crippen LogP contribution in [0.3, 0.4) is 0 Å². The lowest BCUT2D eigenvalue weighted by molar-refractivity contribution is 0.0591. The Morgan fingerprint density at radius 1 is 0.436 bits per heavy atom. The first kappa shape index (κ1) is 96.0. The Balaban J connectivity index is 0.000000153. The second kappa shape index (κ2) is 39.1. The van der Waals surface area contributed by atoms with Gasteiger partial charge in [0.25, 0.3) is 17.7 Å². The second-order valence-corrected chi connectivity index (χ2v) is 37.9. The Morgan fingerprint density at radius 3 is 1.12 bits per heavy atom. The van der Waals surface area contributed by atoms with Gasteiger partial charge in [0.15, 0.2) is 0 Å². The molecule has 24 nitrogen and oxygen atoms in total. The number of aromatic nitrogens is 11. The molecule has 0 aliphatic carbocycles. The second-order valence-electron chi connectivity index (χ2n) is 35.6. The molecule has 3 N–H and O–H groups in total. The molecule has 0 fully saturated rings. The van der Waals surface area contributed by atoms with E-state index in [0.29, 0.717) is 115 Å². The Bertz CT molecular complexity index is 6930. The molecule has 17 rings (SSSR count). The molecule has 694 valence electrons. The van der Waals surface area contributed by atoms with Crippen molar-refractivity contribution in [3.63, 3.8) is 0 Å². The van der Waals surface area contributed by atoms with Crippen LogP contribution in [0.5, 0.6) is 17.2 Å². The fraction of sp³-hybridized carbons (Fsp3) is 0.359. The van der Waals surface area contributed by atoms with Crippen molar-refractivity contribution in [2.24, 2.45) is 21.1 Å². The number of nitrogens with zero attached hydrogens (tertiary/aromatic N) is 13. The smallest absolute Gasteiger partial charge is 0.337 e. The van der Waals surface area contributed by atoms with Crippen LogP contribution in [0.25, 0.3) is 66.1 Å². The number of halogens is 6. The molecule has 0 spiro atoms. The number of aromatic carboxylic acids is 2. The third kappa shape index (κ3) is 18.6. The summed E-state index contributed by atoms with van der Waals surface area (Å²) in [6.07, 6.45) is 7.40. The number of carbonyl (C=O) groups excluding carboxylic acids is 3. The molecule has 0 bridgehead atoms. The molecule has 3 aliphatic heterocycles. The van der Waals surface area contributed by atoms with E-state index in [0.717, 1.165) is 189 Å². The summed E-state index contributed by atoms with van der Waals surface area (Å²) in [6.45, 7) is 35.3. The van der Waals surface area contributed by atoms with Gasteiger partial charge in [-0.15, -0.1) is 0 Å². The van der Waals surface area contributed by atoms with Crippen molar-refractivity contribution in [2.75, 3.05) is 19.8 Å². The topological polar surface area (TPSA) is 266 Å². The highest BCUT2D eigenvalue weighted by atomic mass is 35.5. The zero-order valence-electron chi connectivity index (χ0n) is 78.3. The SMILES string of the molecule is Cc1cc(OCCCc2c3n(c4c(-c5c(C)nn(C)c5C)c(Cl)ccc24)C(C)[C@@H](C)NC3=O)cc(C)c1Cl.Cc1cc(OCCCc2c3n(c4c(-c5c(C)nn(C)c5C)c(Cl)ccc24)CCC(C)N(Cc2ccc(C(=O)O)cn2)C3=O)cc(C)c1Cl.Cc1cc(OCCCc2c3n(c4c(-c5c(C)nn(C)c5C)c(Cl)ccc24)C[C@@H](C)N(Cc2ccc(C(=O)O)cn2)C3=O)cc(C)c1Cl. The molecule has 133 heavy (non-hydrogen) atoms. The number of aryl methyl sites for hydroxylation is 16. The molecular weight excluding hydrogens is 1810 g/mol. The number of benzene rings is 6. The van der Waals surface area contributed by atoms with Gasteiger partial charge in [-0.2, -0.15) is 15.3 Å². The third-order valence-electron chi connectivity index (χ3n) is 26.5. The number of rotatable bonds is 24. The fourth-order valence-corrected chi connectivity index (χ4v) is 20.4. The molecule has 8 aromatic heterocycles. The average Bonchev–Trinajstić information content (AvgIpc) is 1.58. The number of hydrogen-bond donors (Lipinski definition) is 3.